The minimum absolute atomic E-state index is 0.0362. The standard InChI is InChI=1S/C34H30FN/c1-34(2,3)25-12-10-11-23(21-25)24-19-20-32(35)31(22-24)29-16-7-5-14-27(29)26-13-4-6-15-28(26)30-17-8-9-18-33(30)36/h4-22H,36H2,1-3H3. The molecular weight excluding hydrogens is 441 g/mol. The lowest BCUT2D eigenvalue weighted by atomic mass is 9.85. The molecule has 0 saturated heterocycles. The van der Waals surface area contributed by atoms with E-state index in [4.69, 9.17) is 5.73 Å². The second-order valence-electron chi connectivity index (χ2n) is 10.2. The summed E-state index contributed by atoms with van der Waals surface area (Å²) in [4.78, 5) is 0. The van der Waals surface area contributed by atoms with Crippen molar-refractivity contribution in [2.75, 3.05) is 5.73 Å². The molecule has 0 unspecified atom stereocenters. The molecule has 2 N–H and O–H groups in total. The van der Waals surface area contributed by atoms with Gasteiger partial charge in [-0.3, -0.25) is 0 Å². The third kappa shape index (κ3) is 4.55. The van der Waals surface area contributed by atoms with Crippen molar-refractivity contribution in [1.29, 1.82) is 0 Å². The highest BCUT2D eigenvalue weighted by molar-refractivity contribution is 5.94. The Morgan fingerprint density at radius 1 is 0.500 bits per heavy atom. The number of halogens is 1. The molecule has 5 aromatic rings. The fourth-order valence-corrected chi connectivity index (χ4v) is 4.72. The predicted octanol–water partition coefficient (Wildman–Crippen LogP) is 9.37. The Labute approximate surface area is 213 Å². The molecule has 0 atom stereocenters. The number of hydrogen-bond acceptors (Lipinski definition) is 1. The summed E-state index contributed by atoms with van der Waals surface area (Å²) in [6.07, 6.45) is 0. The molecule has 0 saturated carbocycles. The Bertz CT molecular complexity index is 1540. The number of nitrogen functional groups attached to an aromatic ring is 1. The average molecular weight is 472 g/mol. The van der Waals surface area contributed by atoms with Gasteiger partial charge in [-0.1, -0.05) is 118 Å². The third-order valence-electron chi connectivity index (χ3n) is 6.71. The molecule has 0 radical (unpaired) electrons. The minimum atomic E-state index is -0.241. The maximum atomic E-state index is 15.4. The van der Waals surface area contributed by atoms with Crippen LogP contribution in [-0.2, 0) is 5.41 Å². The van der Waals surface area contributed by atoms with E-state index in [1.165, 1.54) is 5.56 Å². The van der Waals surface area contributed by atoms with Crippen LogP contribution in [0.1, 0.15) is 26.3 Å². The van der Waals surface area contributed by atoms with E-state index in [1.807, 2.05) is 66.7 Å². The lowest BCUT2D eigenvalue weighted by molar-refractivity contribution is 0.590. The Morgan fingerprint density at radius 2 is 1.00 bits per heavy atom. The van der Waals surface area contributed by atoms with E-state index in [0.29, 0.717) is 11.3 Å². The Hall–Kier alpha value is -4.17. The fraction of sp³-hybridized carbons (Fsp3) is 0.118. The molecule has 5 aromatic carbocycles. The number of rotatable bonds is 4. The molecule has 178 valence electrons. The Kier molecular flexibility index (Phi) is 6.20. The van der Waals surface area contributed by atoms with Gasteiger partial charge in [0.2, 0.25) is 0 Å². The lowest BCUT2D eigenvalue weighted by Gasteiger charge is -2.20. The number of para-hydroxylation sites is 1. The van der Waals surface area contributed by atoms with Crippen molar-refractivity contribution in [3.8, 4) is 44.5 Å². The molecule has 0 amide bonds. The molecule has 0 aliphatic rings. The van der Waals surface area contributed by atoms with Crippen LogP contribution in [0.25, 0.3) is 44.5 Å². The molecule has 0 spiro atoms. The monoisotopic (exact) mass is 471 g/mol. The fourth-order valence-electron chi connectivity index (χ4n) is 4.72. The molecule has 1 nitrogen and oxygen atoms in total. The molecule has 36 heavy (non-hydrogen) atoms. The smallest absolute Gasteiger partial charge is 0.131 e. The summed E-state index contributed by atoms with van der Waals surface area (Å²) in [5.41, 5.74) is 15.8. The van der Waals surface area contributed by atoms with E-state index in [1.54, 1.807) is 6.07 Å². The normalized spacial score (nSPS) is 11.4. The van der Waals surface area contributed by atoms with Crippen molar-refractivity contribution in [1.82, 2.24) is 0 Å². The summed E-state index contributed by atoms with van der Waals surface area (Å²) < 4.78 is 15.4. The van der Waals surface area contributed by atoms with Crippen molar-refractivity contribution in [2.24, 2.45) is 0 Å². The highest BCUT2D eigenvalue weighted by atomic mass is 19.1. The maximum absolute atomic E-state index is 15.4. The average Bonchev–Trinajstić information content (AvgIpc) is 2.89. The quantitative estimate of drug-likeness (QED) is 0.260. The van der Waals surface area contributed by atoms with Gasteiger partial charge in [0.25, 0.3) is 0 Å². The highest BCUT2D eigenvalue weighted by Crippen LogP contribution is 2.41. The first-order valence-corrected chi connectivity index (χ1v) is 12.3. The molecule has 0 aliphatic carbocycles. The molecule has 2 heteroatoms. The molecule has 0 aliphatic heterocycles. The first-order chi connectivity index (χ1) is 17.3. The summed E-state index contributed by atoms with van der Waals surface area (Å²) in [5, 5.41) is 0. The number of benzene rings is 5. The van der Waals surface area contributed by atoms with E-state index in [2.05, 4.69) is 63.2 Å². The van der Waals surface area contributed by atoms with Crippen LogP contribution in [0.2, 0.25) is 0 Å². The first kappa shape index (κ1) is 23.6. The summed E-state index contributed by atoms with van der Waals surface area (Å²) in [6, 6.07) is 38.0. The van der Waals surface area contributed by atoms with Crippen molar-refractivity contribution in [3.05, 3.63) is 127 Å². The summed E-state index contributed by atoms with van der Waals surface area (Å²) in [7, 11) is 0. The van der Waals surface area contributed by atoms with Crippen LogP contribution in [0.15, 0.2) is 115 Å². The summed E-state index contributed by atoms with van der Waals surface area (Å²) >= 11 is 0. The van der Waals surface area contributed by atoms with Crippen molar-refractivity contribution in [3.63, 3.8) is 0 Å². The van der Waals surface area contributed by atoms with Gasteiger partial charge in [-0.05, 0) is 62.6 Å². The zero-order chi connectivity index (χ0) is 25.3. The van der Waals surface area contributed by atoms with E-state index in [-0.39, 0.29) is 11.2 Å². The van der Waals surface area contributed by atoms with Gasteiger partial charge in [-0.2, -0.15) is 0 Å². The van der Waals surface area contributed by atoms with Crippen molar-refractivity contribution < 1.29 is 4.39 Å². The van der Waals surface area contributed by atoms with Gasteiger partial charge in [-0.25, -0.2) is 4.39 Å². The summed E-state index contributed by atoms with van der Waals surface area (Å²) in [6.45, 7) is 6.61. The number of nitrogens with two attached hydrogens (primary N) is 1. The molecule has 0 aromatic heterocycles. The summed E-state index contributed by atoms with van der Waals surface area (Å²) in [5.74, 6) is -0.241. The molecule has 5 rings (SSSR count). The van der Waals surface area contributed by atoms with Gasteiger partial charge < -0.3 is 5.73 Å². The van der Waals surface area contributed by atoms with Gasteiger partial charge in [-0.15, -0.1) is 0 Å². The van der Waals surface area contributed by atoms with Crippen LogP contribution < -0.4 is 5.73 Å². The van der Waals surface area contributed by atoms with Crippen LogP contribution in [0.3, 0.4) is 0 Å². The van der Waals surface area contributed by atoms with Crippen LogP contribution in [0.4, 0.5) is 10.1 Å². The van der Waals surface area contributed by atoms with E-state index in [0.717, 1.165) is 38.9 Å². The maximum Gasteiger partial charge on any atom is 0.131 e. The lowest BCUT2D eigenvalue weighted by Crippen LogP contribution is -2.10. The van der Waals surface area contributed by atoms with Crippen LogP contribution in [0, 0.1) is 5.82 Å². The second kappa shape index (κ2) is 9.47. The van der Waals surface area contributed by atoms with Gasteiger partial charge in [0.05, 0.1) is 0 Å². The van der Waals surface area contributed by atoms with Gasteiger partial charge in [0.15, 0.2) is 0 Å². The van der Waals surface area contributed by atoms with Crippen molar-refractivity contribution >= 4 is 5.69 Å². The van der Waals surface area contributed by atoms with E-state index < -0.39 is 0 Å². The Morgan fingerprint density at radius 3 is 1.58 bits per heavy atom. The Balaban J connectivity index is 1.67. The van der Waals surface area contributed by atoms with Crippen LogP contribution >= 0.6 is 0 Å². The minimum Gasteiger partial charge on any atom is -0.398 e. The first-order valence-electron chi connectivity index (χ1n) is 12.3. The van der Waals surface area contributed by atoms with Gasteiger partial charge >= 0.3 is 0 Å². The van der Waals surface area contributed by atoms with Crippen molar-refractivity contribution in [2.45, 2.75) is 26.2 Å². The molecule has 0 fully saturated rings. The van der Waals surface area contributed by atoms with Crippen LogP contribution in [0.5, 0.6) is 0 Å². The van der Waals surface area contributed by atoms with E-state index in [9.17, 15) is 0 Å². The van der Waals surface area contributed by atoms with Crippen LogP contribution in [-0.4, -0.2) is 0 Å². The highest BCUT2D eigenvalue weighted by Gasteiger charge is 2.17. The number of hydrogen-bond donors (Lipinski definition) is 1. The predicted molar refractivity (Wildman–Crippen MR) is 151 cm³/mol. The SMILES string of the molecule is CC(C)(C)c1cccc(-c2ccc(F)c(-c3ccccc3-c3ccccc3-c3ccccc3N)c2)c1. The number of anilines is 1. The largest absolute Gasteiger partial charge is 0.398 e. The topological polar surface area (TPSA) is 26.0 Å². The molecule has 0 heterocycles. The zero-order valence-electron chi connectivity index (χ0n) is 20.9. The van der Waals surface area contributed by atoms with Gasteiger partial charge in [0.1, 0.15) is 5.82 Å². The molecule has 0 bridgehead atoms. The molecular formula is C34H30FN. The van der Waals surface area contributed by atoms with E-state index >= 15 is 4.39 Å². The third-order valence-corrected chi connectivity index (χ3v) is 6.71. The second-order valence-corrected chi connectivity index (χ2v) is 10.2. The zero-order valence-corrected chi connectivity index (χ0v) is 20.9. The van der Waals surface area contributed by atoms with Gasteiger partial charge in [0, 0.05) is 16.8 Å².